The summed E-state index contributed by atoms with van der Waals surface area (Å²) in [6.07, 6.45) is 0. The number of carbonyl (C=O) groups excluding carboxylic acids is 2. The van der Waals surface area contributed by atoms with Crippen molar-refractivity contribution in [2.24, 2.45) is 0 Å². The van der Waals surface area contributed by atoms with Crippen molar-refractivity contribution >= 4 is 27.7 Å². The molecule has 0 aliphatic carbocycles. The summed E-state index contributed by atoms with van der Waals surface area (Å²) in [7, 11) is 1.71. The van der Waals surface area contributed by atoms with Gasteiger partial charge in [0.15, 0.2) is 0 Å². The van der Waals surface area contributed by atoms with E-state index in [1.165, 1.54) is 17.0 Å². The minimum atomic E-state index is -0.935. The standard InChI is InChI=1S/C14H16BrFN2O2/c1-14(2)13(20)17(3)7-8-18(14)12(19)9-5-4-6-10(16)11(9)15/h4-6H,7-8H2,1-3H3. The molecule has 1 aliphatic heterocycles. The fourth-order valence-electron chi connectivity index (χ4n) is 2.38. The Morgan fingerprint density at radius 3 is 2.65 bits per heavy atom. The van der Waals surface area contributed by atoms with Crippen LogP contribution in [0.25, 0.3) is 0 Å². The highest BCUT2D eigenvalue weighted by molar-refractivity contribution is 9.10. The first kappa shape index (κ1) is 15.0. The number of rotatable bonds is 1. The zero-order valence-electron chi connectivity index (χ0n) is 11.6. The second-order valence-corrected chi connectivity index (χ2v) is 6.14. The van der Waals surface area contributed by atoms with E-state index in [1.807, 2.05) is 0 Å². The molecule has 1 aromatic carbocycles. The van der Waals surface area contributed by atoms with Crippen LogP contribution in [0.5, 0.6) is 0 Å². The Hall–Kier alpha value is -1.43. The second kappa shape index (κ2) is 5.16. The van der Waals surface area contributed by atoms with E-state index in [2.05, 4.69) is 15.9 Å². The van der Waals surface area contributed by atoms with Crippen molar-refractivity contribution in [3.05, 3.63) is 34.1 Å². The molecule has 0 spiro atoms. The van der Waals surface area contributed by atoms with Gasteiger partial charge in [-0.2, -0.15) is 0 Å². The summed E-state index contributed by atoms with van der Waals surface area (Å²) in [5.41, 5.74) is -0.703. The molecular weight excluding hydrogens is 327 g/mol. The summed E-state index contributed by atoms with van der Waals surface area (Å²) in [4.78, 5) is 27.9. The lowest BCUT2D eigenvalue weighted by Crippen LogP contribution is -2.63. The maximum Gasteiger partial charge on any atom is 0.256 e. The highest BCUT2D eigenvalue weighted by Gasteiger charge is 2.43. The van der Waals surface area contributed by atoms with Gasteiger partial charge in [-0.3, -0.25) is 9.59 Å². The van der Waals surface area contributed by atoms with Crippen LogP contribution in [0, 0.1) is 5.82 Å². The van der Waals surface area contributed by atoms with Gasteiger partial charge < -0.3 is 9.80 Å². The van der Waals surface area contributed by atoms with Crippen LogP contribution in [-0.4, -0.2) is 47.3 Å². The van der Waals surface area contributed by atoms with E-state index in [4.69, 9.17) is 0 Å². The number of carbonyl (C=O) groups is 2. The van der Waals surface area contributed by atoms with Crippen LogP contribution < -0.4 is 0 Å². The third-order valence-electron chi connectivity index (χ3n) is 3.63. The summed E-state index contributed by atoms with van der Waals surface area (Å²) >= 11 is 3.09. The Balaban J connectivity index is 2.38. The molecule has 2 rings (SSSR count). The van der Waals surface area contributed by atoms with Gasteiger partial charge in [-0.25, -0.2) is 4.39 Å². The van der Waals surface area contributed by atoms with E-state index >= 15 is 0 Å². The van der Waals surface area contributed by atoms with Crippen LogP contribution in [0.2, 0.25) is 0 Å². The molecule has 2 amide bonds. The predicted molar refractivity (Wildman–Crippen MR) is 76.9 cm³/mol. The van der Waals surface area contributed by atoms with Gasteiger partial charge in [0.05, 0.1) is 10.0 Å². The van der Waals surface area contributed by atoms with Crippen LogP contribution in [0.15, 0.2) is 22.7 Å². The molecule has 0 bridgehead atoms. The number of amides is 2. The maximum atomic E-state index is 13.5. The second-order valence-electron chi connectivity index (χ2n) is 5.34. The average Bonchev–Trinajstić information content (AvgIpc) is 2.39. The fraction of sp³-hybridized carbons (Fsp3) is 0.429. The quantitative estimate of drug-likeness (QED) is 0.785. The van der Waals surface area contributed by atoms with Gasteiger partial charge in [0, 0.05) is 20.1 Å². The first-order valence-corrected chi connectivity index (χ1v) is 7.07. The van der Waals surface area contributed by atoms with Gasteiger partial charge in [0.1, 0.15) is 11.4 Å². The van der Waals surface area contributed by atoms with Crippen LogP contribution in [-0.2, 0) is 4.79 Å². The molecule has 0 saturated carbocycles. The molecule has 1 saturated heterocycles. The van der Waals surface area contributed by atoms with Gasteiger partial charge in [0.25, 0.3) is 5.91 Å². The number of nitrogens with zero attached hydrogens (tertiary/aromatic N) is 2. The molecule has 108 valence electrons. The van der Waals surface area contributed by atoms with E-state index in [9.17, 15) is 14.0 Å². The zero-order valence-corrected chi connectivity index (χ0v) is 13.2. The first-order chi connectivity index (χ1) is 9.26. The lowest BCUT2D eigenvalue weighted by molar-refractivity contribution is -0.144. The smallest absolute Gasteiger partial charge is 0.256 e. The van der Waals surface area contributed by atoms with Crippen molar-refractivity contribution in [3.8, 4) is 0 Å². The van der Waals surface area contributed by atoms with Crippen molar-refractivity contribution in [1.29, 1.82) is 0 Å². The summed E-state index contributed by atoms with van der Waals surface area (Å²) in [5, 5.41) is 0. The SMILES string of the molecule is CN1CCN(C(=O)c2cccc(F)c2Br)C(C)(C)C1=O. The molecule has 4 nitrogen and oxygen atoms in total. The molecule has 1 fully saturated rings. The van der Waals surface area contributed by atoms with E-state index in [0.29, 0.717) is 13.1 Å². The molecule has 1 heterocycles. The highest BCUT2D eigenvalue weighted by atomic mass is 79.9. The minimum Gasteiger partial charge on any atom is -0.342 e. The topological polar surface area (TPSA) is 40.6 Å². The number of likely N-dealkylation sites (N-methyl/N-ethyl adjacent to an activating group) is 1. The molecule has 0 unspecified atom stereocenters. The van der Waals surface area contributed by atoms with Gasteiger partial charge in [-0.05, 0) is 41.9 Å². The average molecular weight is 343 g/mol. The van der Waals surface area contributed by atoms with E-state index in [0.717, 1.165) is 0 Å². The summed E-state index contributed by atoms with van der Waals surface area (Å²) in [6, 6.07) is 4.31. The molecule has 0 N–H and O–H groups in total. The van der Waals surface area contributed by atoms with E-state index < -0.39 is 11.4 Å². The largest absolute Gasteiger partial charge is 0.342 e. The van der Waals surface area contributed by atoms with Crippen molar-refractivity contribution in [2.45, 2.75) is 19.4 Å². The summed E-state index contributed by atoms with van der Waals surface area (Å²) in [5.74, 6) is -0.957. The van der Waals surface area contributed by atoms with Crippen LogP contribution in [0.3, 0.4) is 0 Å². The number of piperazine rings is 1. The van der Waals surface area contributed by atoms with Crippen LogP contribution in [0.1, 0.15) is 24.2 Å². The van der Waals surface area contributed by atoms with E-state index in [-0.39, 0.29) is 21.9 Å². The van der Waals surface area contributed by atoms with Gasteiger partial charge in [-0.1, -0.05) is 6.07 Å². The highest BCUT2D eigenvalue weighted by Crippen LogP contribution is 2.27. The molecule has 0 aromatic heterocycles. The Morgan fingerprint density at radius 2 is 2.00 bits per heavy atom. The van der Waals surface area contributed by atoms with E-state index in [1.54, 1.807) is 31.9 Å². The maximum absolute atomic E-state index is 13.5. The lowest BCUT2D eigenvalue weighted by atomic mass is 9.96. The summed E-state index contributed by atoms with van der Waals surface area (Å²) in [6.45, 7) is 4.31. The molecule has 0 atom stereocenters. The molecule has 1 aromatic rings. The Morgan fingerprint density at radius 1 is 1.35 bits per heavy atom. The zero-order chi connectivity index (χ0) is 15.1. The number of hydrogen-bond donors (Lipinski definition) is 0. The summed E-state index contributed by atoms with van der Waals surface area (Å²) < 4.78 is 13.7. The van der Waals surface area contributed by atoms with Crippen molar-refractivity contribution < 1.29 is 14.0 Å². The monoisotopic (exact) mass is 342 g/mol. The molecular formula is C14H16BrFN2O2. The van der Waals surface area contributed by atoms with Gasteiger partial charge in [-0.15, -0.1) is 0 Å². The van der Waals surface area contributed by atoms with Crippen LogP contribution >= 0.6 is 15.9 Å². The molecule has 6 heteroatoms. The Kier molecular flexibility index (Phi) is 3.86. The lowest BCUT2D eigenvalue weighted by Gasteiger charge is -2.44. The molecule has 0 radical (unpaired) electrons. The van der Waals surface area contributed by atoms with Crippen molar-refractivity contribution in [2.75, 3.05) is 20.1 Å². The normalized spacial score (nSPS) is 18.4. The fourth-order valence-corrected chi connectivity index (χ4v) is 2.82. The molecule has 20 heavy (non-hydrogen) atoms. The first-order valence-electron chi connectivity index (χ1n) is 6.28. The Bertz CT molecular complexity index is 574. The Labute approximate surface area is 125 Å². The van der Waals surface area contributed by atoms with Gasteiger partial charge in [0.2, 0.25) is 5.91 Å². The molecule has 1 aliphatic rings. The number of benzene rings is 1. The van der Waals surface area contributed by atoms with Gasteiger partial charge >= 0.3 is 0 Å². The minimum absolute atomic E-state index is 0.121. The number of halogens is 2. The predicted octanol–water partition coefficient (Wildman–Crippen LogP) is 2.28. The number of hydrogen-bond acceptors (Lipinski definition) is 2. The van der Waals surface area contributed by atoms with Crippen molar-refractivity contribution in [1.82, 2.24) is 9.80 Å². The third kappa shape index (κ3) is 2.32. The van der Waals surface area contributed by atoms with Crippen molar-refractivity contribution in [3.63, 3.8) is 0 Å². The third-order valence-corrected chi connectivity index (χ3v) is 4.44. The van der Waals surface area contributed by atoms with Crippen LogP contribution in [0.4, 0.5) is 4.39 Å².